The zero-order valence-electron chi connectivity index (χ0n) is 8.78. The third kappa shape index (κ3) is 2.28. The first-order chi connectivity index (χ1) is 8.18. The topological polar surface area (TPSA) is 113 Å². The quantitative estimate of drug-likeness (QED) is 0.537. The lowest BCUT2D eigenvalue weighted by Crippen LogP contribution is -2.19. The van der Waals surface area contributed by atoms with Crippen LogP contribution in [0.1, 0.15) is 0 Å². The van der Waals surface area contributed by atoms with E-state index < -0.39 is 0 Å². The van der Waals surface area contributed by atoms with E-state index in [1.54, 1.807) is 18.3 Å². The fraction of sp³-hybridized carbons (Fsp3) is 0. The van der Waals surface area contributed by atoms with Crippen LogP contribution in [0.5, 0.6) is 0 Å². The third-order valence-electron chi connectivity index (χ3n) is 2.03. The van der Waals surface area contributed by atoms with Gasteiger partial charge in [0.25, 0.3) is 0 Å². The van der Waals surface area contributed by atoms with Crippen LogP contribution in [0.25, 0.3) is 0 Å². The highest BCUT2D eigenvalue weighted by atomic mass is 16.5. The molecule has 17 heavy (non-hydrogen) atoms. The fourth-order valence-electron chi connectivity index (χ4n) is 1.16. The van der Waals surface area contributed by atoms with Crippen molar-refractivity contribution >= 4 is 17.2 Å². The standard InChI is InChI=1S/C10H10N6O/c11-9-4-3-8(10(12)16(9)17)15-14-7-2-1-5-13-6-7/h1-6,12,17H,11H2. The molecular formula is C10H10N6O. The Balaban J connectivity index is 2.35. The second kappa shape index (κ2) is 4.44. The molecule has 0 amide bonds. The van der Waals surface area contributed by atoms with Crippen LogP contribution in [0.3, 0.4) is 0 Å². The van der Waals surface area contributed by atoms with Crippen LogP contribution in [0.4, 0.5) is 17.2 Å². The molecule has 2 heterocycles. The van der Waals surface area contributed by atoms with Gasteiger partial charge in [-0.25, -0.2) is 0 Å². The Morgan fingerprint density at radius 3 is 2.82 bits per heavy atom. The monoisotopic (exact) mass is 230 g/mol. The van der Waals surface area contributed by atoms with Crippen molar-refractivity contribution in [2.75, 3.05) is 5.73 Å². The lowest BCUT2D eigenvalue weighted by atomic mass is 10.4. The van der Waals surface area contributed by atoms with Gasteiger partial charge in [0, 0.05) is 6.20 Å². The molecule has 0 fully saturated rings. The number of nitrogens with two attached hydrogens (primary N) is 1. The molecule has 86 valence electrons. The minimum absolute atomic E-state index is 0.0651. The Morgan fingerprint density at radius 2 is 2.12 bits per heavy atom. The smallest absolute Gasteiger partial charge is 0.190 e. The maximum atomic E-state index is 9.37. The molecular weight excluding hydrogens is 220 g/mol. The van der Waals surface area contributed by atoms with Crippen LogP contribution < -0.4 is 11.2 Å². The van der Waals surface area contributed by atoms with Gasteiger partial charge in [-0.3, -0.25) is 10.4 Å². The van der Waals surface area contributed by atoms with Crippen LogP contribution in [0, 0.1) is 5.41 Å². The molecule has 2 aromatic heterocycles. The van der Waals surface area contributed by atoms with Crippen molar-refractivity contribution in [1.29, 1.82) is 5.41 Å². The number of anilines is 1. The second-order valence-corrected chi connectivity index (χ2v) is 3.22. The molecule has 7 nitrogen and oxygen atoms in total. The zero-order valence-corrected chi connectivity index (χ0v) is 8.78. The molecule has 0 unspecified atom stereocenters. The van der Waals surface area contributed by atoms with Crippen molar-refractivity contribution in [3.63, 3.8) is 0 Å². The van der Waals surface area contributed by atoms with Crippen LogP contribution in [0.2, 0.25) is 0 Å². The van der Waals surface area contributed by atoms with Gasteiger partial charge in [-0.05, 0) is 24.3 Å². The normalized spacial score (nSPS) is 10.8. The highest BCUT2D eigenvalue weighted by Gasteiger charge is 2.01. The highest BCUT2D eigenvalue weighted by molar-refractivity contribution is 5.41. The molecule has 0 aromatic carbocycles. The van der Waals surface area contributed by atoms with E-state index in [1.807, 2.05) is 0 Å². The largest absolute Gasteiger partial charge is 0.425 e. The molecule has 0 saturated heterocycles. The van der Waals surface area contributed by atoms with E-state index in [2.05, 4.69) is 15.2 Å². The number of pyridine rings is 2. The van der Waals surface area contributed by atoms with Crippen molar-refractivity contribution < 1.29 is 5.21 Å². The maximum absolute atomic E-state index is 9.37. The Kier molecular flexibility index (Phi) is 2.82. The number of nitrogen functional groups attached to an aromatic ring is 1. The predicted octanol–water partition coefficient (Wildman–Crippen LogP) is 1.60. The molecule has 0 atom stereocenters. The average Bonchev–Trinajstić information content (AvgIpc) is 2.36. The van der Waals surface area contributed by atoms with Crippen LogP contribution >= 0.6 is 0 Å². The Hall–Kier alpha value is -2.70. The van der Waals surface area contributed by atoms with Crippen LogP contribution in [0.15, 0.2) is 46.9 Å². The fourth-order valence-corrected chi connectivity index (χ4v) is 1.16. The van der Waals surface area contributed by atoms with E-state index in [0.717, 1.165) is 0 Å². The van der Waals surface area contributed by atoms with Gasteiger partial charge in [0.1, 0.15) is 17.2 Å². The summed E-state index contributed by atoms with van der Waals surface area (Å²) in [5.74, 6) is 0.0651. The predicted molar refractivity (Wildman–Crippen MR) is 60.3 cm³/mol. The summed E-state index contributed by atoms with van der Waals surface area (Å²) in [6.45, 7) is 0. The molecule has 0 aliphatic rings. The molecule has 0 radical (unpaired) electrons. The number of azo groups is 1. The van der Waals surface area contributed by atoms with E-state index >= 15 is 0 Å². The molecule has 0 aliphatic carbocycles. The van der Waals surface area contributed by atoms with Gasteiger partial charge in [-0.1, -0.05) is 0 Å². The number of nitrogens with one attached hydrogen (secondary N) is 1. The van der Waals surface area contributed by atoms with Gasteiger partial charge in [0.15, 0.2) is 5.49 Å². The average molecular weight is 230 g/mol. The maximum Gasteiger partial charge on any atom is 0.190 e. The number of hydrogen-bond acceptors (Lipinski definition) is 6. The first-order valence-corrected chi connectivity index (χ1v) is 4.75. The number of aromatic nitrogens is 2. The van der Waals surface area contributed by atoms with E-state index in [-0.39, 0.29) is 17.0 Å². The van der Waals surface area contributed by atoms with Crippen molar-refractivity contribution in [2.45, 2.75) is 0 Å². The van der Waals surface area contributed by atoms with Gasteiger partial charge in [0.2, 0.25) is 0 Å². The second-order valence-electron chi connectivity index (χ2n) is 3.22. The Bertz CT molecular complexity index is 604. The van der Waals surface area contributed by atoms with Gasteiger partial charge in [0.05, 0.1) is 6.20 Å². The van der Waals surface area contributed by atoms with Gasteiger partial charge < -0.3 is 10.9 Å². The van der Waals surface area contributed by atoms with E-state index in [0.29, 0.717) is 10.4 Å². The molecule has 7 heteroatoms. The van der Waals surface area contributed by atoms with Crippen molar-refractivity contribution in [3.8, 4) is 0 Å². The van der Waals surface area contributed by atoms with Gasteiger partial charge in [-0.2, -0.15) is 4.73 Å². The molecule has 2 aromatic rings. The third-order valence-corrected chi connectivity index (χ3v) is 2.03. The molecule has 0 bridgehead atoms. The number of nitrogens with zero attached hydrogens (tertiary/aromatic N) is 4. The summed E-state index contributed by atoms with van der Waals surface area (Å²) in [4.78, 5) is 3.88. The highest BCUT2D eigenvalue weighted by Crippen LogP contribution is 2.14. The van der Waals surface area contributed by atoms with Crippen molar-refractivity contribution in [3.05, 3.63) is 42.1 Å². The molecule has 2 rings (SSSR count). The molecule has 0 aliphatic heterocycles. The van der Waals surface area contributed by atoms with E-state index in [9.17, 15) is 5.21 Å². The van der Waals surface area contributed by atoms with Gasteiger partial charge in [-0.15, -0.1) is 10.2 Å². The first-order valence-electron chi connectivity index (χ1n) is 4.75. The SMILES string of the molecule is N=c1c(N=Nc2cccnc2)ccc(N)n1O. The van der Waals surface area contributed by atoms with Crippen LogP contribution in [-0.2, 0) is 0 Å². The van der Waals surface area contributed by atoms with Crippen LogP contribution in [-0.4, -0.2) is 14.9 Å². The summed E-state index contributed by atoms with van der Waals surface area (Å²) in [6, 6.07) is 6.40. The van der Waals surface area contributed by atoms with Crippen molar-refractivity contribution in [1.82, 2.24) is 9.71 Å². The Morgan fingerprint density at radius 1 is 1.29 bits per heavy atom. The zero-order chi connectivity index (χ0) is 12.3. The van der Waals surface area contributed by atoms with Crippen molar-refractivity contribution in [2.24, 2.45) is 10.2 Å². The molecule has 0 spiro atoms. The lowest BCUT2D eigenvalue weighted by molar-refractivity contribution is 0.177. The lowest BCUT2D eigenvalue weighted by Gasteiger charge is -2.02. The summed E-state index contributed by atoms with van der Waals surface area (Å²) in [6.07, 6.45) is 3.16. The summed E-state index contributed by atoms with van der Waals surface area (Å²) in [5.41, 5.74) is 5.96. The Labute approximate surface area is 96.4 Å². The number of hydrogen-bond donors (Lipinski definition) is 3. The summed E-state index contributed by atoms with van der Waals surface area (Å²) >= 11 is 0. The summed E-state index contributed by atoms with van der Waals surface area (Å²) in [5, 5.41) is 24.7. The minimum atomic E-state index is -0.224. The van der Waals surface area contributed by atoms with E-state index in [4.69, 9.17) is 11.1 Å². The van der Waals surface area contributed by atoms with Gasteiger partial charge >= 0.3 is 0 Å². The van der Waals surface area contributed by atoms with E-state index in [1.165, 1.54) is 18.3 Å². The summed E-state index contributed by atoms with van der Waals surface area (Å²) < 4.78 is 0.539. The summed E-state index contributed by atoms with van der Waals surface area (Å²) in [7, 11) is 0. The number of rotatable bonds is 2. The molecule has 4 N–H and O–H groups in total. The minimum Gasteiger partial charge on any atom is -0.425 e. The first kappa shape index (κ1) is 10.8. The molecule has 0 saturated carbocycles.